The van der Waals surface area contributed by atoms with Gasteiger partial charge in [0.2, 0.25) is 0 Å². The summed E-state index contributed by atoms with van der Waals surface area (Å²) in [6.07, 6.45) is 4.59. The Morgan fingerprint density at radius 2 is 1.95 bits per heavy atom. The van der Waals surface area contributed by atoms with E-state index in [-0.39, 0.29) is 24.9 Å². The molecule has 0 aromatic heterocycles. The second-order valence-electron chi connectivity index (χ2n) is 6.43. The van der Waals surface area contributed by atoms with Crippen molar-refractivity contribution in [1.82, 2.24) is 10.6 Å². The Labute approximate surface area is 138 Å². The summed E-state index contributed by atoms with van der Waals surface area (Å²) in [6.45, 7) is 4.16. The second kappa shape index (κ2) is 7.34. The van der Waals surface area contributed by atoms with Crippen LogP contribution in [0.3, 0.4) is 0 Å². The number of halogens is 1. The van der Waals surface area contributed by atoms with Crippen LogP contribution in [0.4, 0.5) is 0 Å². The first-order valence-corrected chi connectivity index (χ1v) is 7.85. The van der Waals surface area contributed by atoms with Crippen molar-refractivity contribution in [3.63, 3.8) is 0 Å². The largest absolute Gasteiger partial charge is 0.484 e. The molecule has 1 aromatic carbocycles. The molecule has 22 heavy (non-hydrogen) atoms. The topological polar surface area (TPSA) is 50.4 Å². The SMILES string of the molecule is Cc1ccc(OCC(=O)NC2CC3CCC(C2)N3)c(C)c1.Cl. The third-order valence-electron chi connectivity index (χ3n) is 4.53. The molecule has 0 aliphatic carbocycles. The van der Waals surface area contributed by atoms with Gasteiger partial charge in [-0.15, -0.1) is 12.4 Å². The zero-order valence-electron chi connectivity index (χ0n) is 13.2. The number of benzene rings is 1. The zero-order chi connectivity index (χ0) is 14.8. The molecule has 2 bridgehead atoms. The Morgan fingerprint density at radius 3 is 2.59 bits per heavy atom. The molecule has 2 aliphatic heterocycles. The van der Waals surface area contributed by atoms with E-state index >= 15 is 0 Å². The van der Waals surface area contributed by atoms with Gasteiger partial charge in [0.25, 0.3) is 5.91 Å². The van der Waals surface area contributed by atoms with Crippen molar-refractivity contribution in [3.8, 4) is 5.75 Å². The van der Waals surface area contributed by atoms with Crippen LogP contribution in [0, 0.1) is 13.8 Å². The van der Waals surface area contributed by atoms with Gasteiger partial charge in [0.05, 0.1) is 0 Å². The monoisotopic (exact) mass is 324 g/mol. The van der Waals surface area contributed by atoms with Gasteiger partial charge in [-0.05, 0) is 51.2 Å². The van der Waals surface area contributed by atoms with Crippen LogP contribution in [0.1, 0.15) is 36.8 Å². The van der Waals surface area contributed by atoms with Crippen LogP contribution in [-0.4, -0.2) is 30.6 Å². The average Bonchev–Trinajstić information content (AvgIpc) is 2.77. The number of hydrogen-bond donors (Lipinski definition) is 2. The lowest BCUT2D eigenvalue weighted by atomic mass is 10.00. The summed E-state index contributed by atoms with van der Waals surface area (Å²) in [7, 11) is 0. The molecule has 1 amide bonds. The Bertz CT molecular complexity index is 523. The van der Waals surface area contributed by atoms with E-state index in [1.54, 1.807) is 0 Å². The van der Waals surface area contributed by atoms with E-state index in [9.17, 15) is 4.79 Å². The third kappa shape index (κ3) is 4.14. The van der Waals surface area contributed by atoms with Gasteiger partial charge < -0.3 is 15.4 Å². The molecule has 2 saturated heterocycles. The fourth-order valence-corrected chi connectivity index (χ4v) is 3.55. The van der Waals surface area contributed by atoms with E-state index in [2.05, 4.69) is 23.6 Å². The Balaban J connectivity index is 0.00000176. The first kappa shape index (κ1) is 17.1. The summed E-state index contributed by atoms with van der Waals surface area (Å²) in [4.78, 5) is 12.0. The predicted molar refractivity (Wildman–Crippen MR) is 89.8 cm³/mol. The molecule has 2 N–H and O–H groups in total. The number of fused-ring (bicyclic) bond motifs is 2. The number of hydrogen-bond acceptors (Lipinski definition) is 3. The van der Waals surface area contributed by atoms with E-state index in [1.165, 1.54) is 18.4 Å². The van der Waals surface area contributed by atoms with Gasteiger partial charge in [-0.2, -0.15) is 0 Å². The van der Waals surface area contributed by atoms with E-state index in [0.717, 1.165) is 24.2 Å². The lowest BCUT2D eigenvalue weighted by Crippen LogP contribution is -2.48. The number of nitrogens with one attached hydrogen (secondary N) is 2. The molecule has 0 radical (unpaired) electrons. The van der Waals surface area contributed by atoms with Gasteiger partial charge in [-0.3, -0.25) is 4.79 Å². The van der Waals surface area contributed by atoms with Crippen molar-refractivity contribution < 1.29 is 9.53 Å². The number of rotatable bonds is 4. The van der Waals surface area contributed by atoms with Crippen molar-refractivity contribution in [1.29, 1.82) is 0 Å². The number of piperidine rings is 1. The van der Waals surface area contributed by atoms with E-state index in [0.29, 0.717) is 18.1 Å². The summed E-state index contributed by atoms with van der Waals surface area (Å²) in [5, 5.41) is 6.70. The maximum absolute atomic E-state index is 12.0. The van der Waals surface area contributed by atoms with Crippen LogP contribution < -0.4 is 15.4 Å². The van der Waals surface area contributed by atoms with Crippen molar-refractivity contribution in [2.24, 2.45) is 0 Å². The van der Waals surface area contributed by atoms with Gasteiger partial charge in [-0.1, -0.05) is 17.7 Å². The van der Waals surface area contributed by atoms with Crippen molar-refractivity contribution >= 4 is 18.3 Å². The maximum Gasteiger partial charge on any atom is 0.258 e. The highest BCUT2D eigenvalue weighted by molar-refractivity contribution is 5.85. The lowest BCUT2D eigenvalue weighted by molar-refractivity contribution is -0.124. The van der Waals surface area contributed by atoms with Crippen molar-refractivity contribution in [3.05, 3.63) is 29.3 Å². The molecule has 2 unspecified atom stereocenters. The number of amides is 1. The van der Waals surface area contributed by atoms with Crippen LogP contribution in [0.2, 0.25) is 0 Å². The standard InChI is InChI=1S/C17H24N2O2.ClH/c1-11-3-6-16(12(2)7-11)21-10-17(20)19-15-8-13-4-5-14(9-15)18-13;/h3,6-7,13-15,18H,4-5,8-10H2,1-2H3,(H,19,20);1H. The Hall–Kier alpha value is -1.26. The Morgan fingerprint density at radius 1 is 1.27 bits per heavy atom. The van der Waals surface area contributed by atoms with Crippen LogP contribution in [0.25, 0.3) is 0 Å². The number of carbonyl (C=O) groups is 1. The third-order valence-corrected chi connectivity index (χ3v) is 4.53. The minimum Gasteiger partial charge on any atom is -0.484 e. The molecule has 4 nitrogen and oxygen atoms in total. The second-order valence-corrected chi connectivity index (χ2v) is 6.43. The molecule has 0 spiro atoms. The zero-order valence-corrected chi connectivity index (χ0v) is 14.0. The molecule has 5 heteroatoms. The normalized spacial score (nSPS) is 26.2. The lowest BCUT2D eigenvalue weighted by Gasteiger charge is -2.29. The molecule has 2 heterocycles. The number of carbonyl (C=O) groups excluding carboxylic acids is 1. The van der Waals surface area contributed by atoms with Gasteiger partial charge >= 0.3 is 0 Å². The molecule has 2 aliphatic rings. The highest BCUT2D eigenvalue weighted by Gasteiger charge is 2.33. The first-order valence-electron chi connectivity index (χ1n) is 7.85. The van der Waals surface area contributed by atoms with E-state index in [4.69, 9.17) is 4.74 Å². The minimum absolute atomic E-state index is 0. The fourth-order valence-electron chi connectivity index (χ4n) is 3.55. The van der Waals surface area contributed by atoms with Crippen LogP contribution >= 0.6 is 12.4 Å². The number of ether oxygens (including phenoxy) is 1. The van der Waals surface area contributed by atoms with Crippen LogP contribution in [0.5, 0.6) is 5.75 Å². The highest BCUT2D eigenvalue weighted by Crippen LogP contribution is 2.26. The van der Waals surface area contributed by atoms with E-state index in [1.807, 2.05) is 19.1 Å². The maximum atomic E-state index is 12.0. The summed E-state index contributed by atoms with van der Waals surface area (Å²) >= 11 is 0. The molecule has 1 aromatic rings. The van der Waals surface area contributed by atoms with Gasteiger partial charge in [-0.25, -0.2) is 0 Å². The molecular formula is C17H25ClN2O2. The quantitative estimate of drug-likeness (QED) is 0.894. The molecular weight excluding hydrogens is 300 g/mol. The average molecular weight is 325 g/mol. The molecule has 2 atom stereocenters. The summed E-state index contributed by atoms with van der Waals surface area (Å²) in [6, 6.07) is 7.49. The van der Waals surface area contributed by atoms with Crippen LogP contribution in [-0.2, 0) is 4.79 Å². The molecule has 3 rings (SSSR count). The van der Waals surface area contributed by atoms with Crippen molar-refractivity contribution in [2.45, 2.75) is 57.7 Å². The van der Waals surface area contributed by atoms with Crippen LogP contribution in [0.15, 0.2) is 18.2 Å². The Kier molecular flexibility index (Phi) is 5.70. The van der Waals surface area contributed by atoms with Gasteiger partial charge in [0, 0.05) is 18.1 Å². The fraction of sp³-hybridized carbons (Fsp3) is 0.588. The smallest absolute Gasteiger partial charge is 0.258 e. The molecule has 122 valence electrons. The molecule has 2 fully saturated rings. The minimum atomic E-state index is -0.0127. The molecule has 0 saturated carbocycles. The predicted octanol–water partition coefficient (Wildman–Crippen LogP) is 2.50. The van der Waals surface area contributed by atoms with Crippen molar-refractivity contribution in [2.75, 3.05) is 6.61 Å². The number of aryl methyl sites for hydroxylation is 2. The summed E-state index contributed by atoms with van der Waals surface area (Å²) in [5.41, 5.74) is 2.28. The highest BCUT2D eigenvalue weighted by atomic mass is 35.5. The van der Waals surface area contributed by atoms with Gasteiger partial charge in [0.1, 0.15) is 5.75 Å². The summed E-state index contributed by atoms with van der Waals surface area (Å²) < 4.78 is 5.64. The first-order chi connectivity index (χ1) is 10.1. The van der Waals surface area contributed by atoms with E-state index < -0.39 is 0 Å². The van der Waals surface area contributed by atoms with Gasteiger partial charge in [0.15, 0.2) is 6.61 Å². The summed E-state index contributed by atoms with van der Waals surface area (Å²) in [5.74, 6) is 0.780.